The van der Waals surface area contributed by atoms with Crippen LogP contribution in [0.3, 0.4) is 0 Å². The number of aromatic nitrogens is 6. The Labute approximate surface area is 144 Å². The molecule has 0 atom stereocenters. The van der Waals surface area contributed by atoms with Gasteiger partial charge in [-0.15, -0.1) is 0 Å². The van der Waals surface area contributed by atoms with Crippen LogP contribution in [0.25, 0.3) is 17.3 Å². The number of aryl methyl sites for hydroxylation is 1. The predicted octanol–water partition coefficient (Wildman–Crippen LogP) is 3.13. The Morgan fingerprint density at radius 3 is 2.80 bits per heavy atom. The summed E-state index contributed by atoms with van der Waals surface area (Å²) in [7, 11) is 0. The molecule has 7 heteroatoms. The monoisotopic (exact) mass is 336 g/mol. The number of rotatable bonds is 5. The van der Waals surface area contributed by atoms with Crippen LogP contribution in [0.2, 0.25) is 0 Å². The standard InChI is InChI=1S/C18H17FN6/c1-2-5-15-14(23-18-21-8-4-10-25(15)18)12-24-11-9-20-17(24)13-6-3-7-16(19)22-13/h3-4,6-11H,2,5,12H2,1H3. The van der Waals surface area contributed by atoms with Gasteiger partial charge in [-0.1, -0.05) is 19.4 Å². The number of fused-ring (bicyclic) bond motifs is 1. The van der Waals surface area contributed by atoms with Crippen LogP contribution in [0.15, 0.2) is 49.1 Å². The minimum atomic E-state index is -0.518. The number of hydrogen-bond donors (Lipinski definition) is 0. The lowest BCUT2D eigenvalue weighted by molar-refractivity contribution is 0.584. The van der Waals surface area contributed by atoms with Gasteiger partial charge in [-0.2, -0.15) is 4.39 Å². The van der Waals surface area contributed by atoms with Gasteiger partial charge in [-0.05, 0) is 24.6 Å². The molecule has 0 unspecified atom stereocenters. The minimum absolute atomic E-state index is 0.504. The summed E-state index contributed by atoms with van der Waals surface area (Å²) in [6.45, 7) is 2.67. The van der Waals surface area contributed by atoms with E-state index in [0.29, 0.717) is 23.8 Å². The zero-order valence-corrected chi connectivity index (χ0v) is 13.8. The molecule has 0 fully saturated rings. The Balaban J connectivity index is 1.76. The fourth-order valence-electron chi connectivity index (χ4n) is 2.97. The maximum atomic E-state index is 13.4. The Morgan fingerprint density at radius 1 is 1.04 bits per heavy atom. The molecule has 4 heterocycles. The number of pyridine rings is 1. The Kier molecular flexibility index (Phi) is 3.97. The first-order valence-electron chi connectivity index (χ1n) is 8.21. The average Bonchev–Trinajstić information content (AvgIpc) is 3.21. The van der Waals surface area contributed by atoms with Crippen molar-refractivity contribution in [1.82, 2.24) is 28.9 Å². The van der Waals surface area contributed by atoms with Gasteiger partial charge in [-0.3, -0.25) is 4.40 Å². The summed E-state index contributed by atoms with van der Waals surface area (Å²) in [5.74, 6) is 0.786. The molecule has 0 aliphatic carbocycles. The molecule has 0 aliphatic heterocycles. The Morgan fingerprint density at radius 2 is 1.96 bits per heavy atom. The molecule has 0 aromatic carbocycles. The molecule has 4 aromatic heterocycles. The molecule has 4 aromatic rings. The fraction of sp³-hybridized carbons (Fsp3) is 0.222. The van der Waals surface area contributed by atoms with Crippen molar-refractivity contribution in [3.8, 4) is 11.5 Å². The van der Waals surface area contributed by atoms with E-state index < -0.39 is 5.95 Å². The number of halogens is 1. The Hall–Kier alpha value is -3.09. The third kappa shape index (κ3) is 2.88. The summed E-state index contributed by atoms with van der Waals surface area (Å²) in [6, 6.07) is 6.61. The van der Waals surface area contributed by atoms with E-state index in [0.717, 1.165) is 24.2 Å². The highest BCUT2D eigenvalue weighted by Gasteiger charge is 2.15. The highest BCUT2D eigenvalue weighted by Crippen LogP contribution is 2.19. The number of nitrogens with zero attached hydrogens (tertiary/aromatic N) is 6. The van der Waals surface area contributed by atoms with E-state index >= 15 is 0 Å². The highest BCUT2D eigenvalue weighted by atomic mass is 19.1. The van der Waals surface area contributed by atoms with Crippen LogP contribution in [0.4, 0.5) is 4.39 Å². The van der Waals surface area contributed by atoms with Gasteiger partial charge >= 0.3 is 0 Å². The summed E-state index contributed by atoms with van der Waals surface area (Å²) in [5, 5.41) is 0. The maximum Gasteiger partial charge on any atom is 0.234 e. The second-order valence-corrected chi connectivity index (χ2v) is 5.77. The minimum Gasteiger partial charge on any atom is -0.324 e. The zero-order chi connectivity index (χ0) is 17.2. The van der Waals surface area contributed by atoms with E-state index in [1.165, 1.54) is 6.07 Å². The van der Waals surface area contributed by atoms with Crippen molar-refractivity contribution >= 4 is 5.78 Å². The highest BCUT2D eigenvalue weighted by molar-refractivity contribution is 5.49. The van der Waals surface area contributed by atoms with Crippen LogP contribution in [0, 0.1) is 5.95 Å². The van der Waals surface area contributed by atoms with Gasteiger partial charge in [0.2, 0.25) is 11.7 Å². The second kappa shape index (κ2) is 6.43. The van der Waals surface area contributed by atoms with Gasteiger partial charge in [0.25, 0.3) is 0 Å². The van der Waals surface area contributed by atoms with E-state index in [1.54, 1.807) is 24.5 Å². The molecule has 0 spiro atoms. The molecule has 0 amide bonds. The maximum absolute atomic E-state index is 13.4. The van der Waals surface area contributed by atoms with Crippen molar-refractivity contribution in [2.75, 3.05) is 0 Å². The van der Waals surface area contributed by atoms with Crippen LogP contribution in [-0.4, -0.2) is 28.9 Å². The SMILES string of the molecule is CCCc1c(Cn2ccnc2-c2cccc(F)n2)nc2ncccn12. The van der Waals surface area contributed by atoms with E-state index in [2.05, 4.69) is 26.9 Å². The van der Waals surface area contributed by atoms with Crippen LogP contribution >= 0.6 is 0 Å². The molecule has 0 N–H and O–H groups in total. The quantitative estimate of drug-likeness (QED) is 0.525. The molecule has 0 bridgehead atoms. The second-order valence-electron chi connectivity index (χ2n) is 5.77. The fourth-order valence-corrected chi connectivity index (χ4v) is 2.97. The number of imidazole rings is 2. The van der Waals surface area contributed by atoms with Crippen molar-refractivity contribution in [2.24, 2.45) is 0 Å². The molecule has 6 nitrogen and oxygen atoms in total. The van der Waals surface area contributed by atoms with Crippen LogP contribution < -0.4 is 0 Å². The Bertz CT molecular complexity index is 1020. The molecule has 126 valence electrons. The van der Waals surface area contributed by atoms with E-state index in [9.17, 15) is 4.39 Å². The first-order valence-corrected chi connectivity index (χ1v) is 8.21. The molecule has 0 radical (unpaired) electrons. The van der Waals surface area contributed by atoms with E-state index in [1.807, 2.05) is 27.4 Å². The van der Waals surface area contributed by atoms with Gasteiger partial charge in [0.1, 0.15) is 5.69 Å². The summed E-state index contributed by atoms with van der Waals surface area (Å²) in [5.41, 5.74) is 2.58. The van der Waals surface area contributed by atoms with Gasteiger partial charge < -0.3 is 4.57 Å². The van der Waals surface area contributed by atoms with Crippen molar-refractivity contribution in [2.45, 2.75) is 26.3 Å². The molecule has 0 saturated carbocycles. The first kappa shape index (κ1) is 15.4. The van der Waals surface area contributed by atoms with Crippen LogP contribution in [0.1, 0.15) is 24.7 Å². The molecular formula is C18H17FN6. The number of hydrogen-bond acceptors (Lipinski definition) is 4. The normalized spacial score (nSPS) is 11.3. The van der Waals surface area contributed by atoms with Crippen molar-refractivity contribution in [1.29, 1.82) is 0 Å². The summed E-state index contributed by atoms with van der Waals surface area (Å²) in [6.07, 6.45) is 9.18. The molecule has 25 heavy (non-hydrogen) atoms. The largest absolute Gasteiger partial charge is 0.324 e. The molecule has 0 saturated heterocycles. The topological polar surface area (TPSA) is 60.9 Å². The summed E-state index contributed by atoms with van der Waals surface area (Å²) < 4.78 is 17.4. The van der Waals surface area contributed by atoms with Gasteiger partial charge in [0.05, 0.1) is 12.2 Å². The molecule has 4 rings (SSSR count). The van der Waals surface area contributed by atoms with E-state index in [-0.39, 0.29) is 0 Å². The lowest BCUT2D eigenvalue weighted by Crippen LogP contribution is -2.06. The third-order valence-corrected chi connectivity index (χ3v) is 4.05. The van der Waals surface area contributed by atoms with E-state index in [4.69, 9.17) is 0 Å². The van der Waals surface area contributed by atoms with Crippen LogP contribution in [-0.2, 0) is 13.0 Å². The van der Waals surface area contributed by atoms with Crippen LogP contribution in [0.5, 0.6) is 0 Å². The smallest absolute Gasteiger partial charge is 0.234 e. The first-order chi connectivity index (χ1) is 12.3. The molecule has 0 aliphatic rings. The lowest BCUT2D eigenvalue weighted by atomic mass is 10.2. The lowest BCUT2D eigenvalue weighted by Gasteiger charge is -2.08. The van der Waals surface area contributed by atoms with Crippen molar-refractivity contribution < 1.29 is 4.39 Å². The zero-order valence-electron chi connectivity index (χ0n) is 13.8. The third-order valence-electron chi connectivity index (χ3n) is 4.05. The van der Waals surface area contributed by atoms with Crippen molar-refractivity contribution in [3.63, 3.8) is 0 Å². The summed E-state index contributed by atoms with van der Waals surface area (Å²) >= 11 is 0. The van der Waals surface area contributed by atoms with Gasteiger partial charge in [0.15, 0.2) is 5.82 Å². The van der Waals surface area contributed by atoms with Crippen molar-refractivity contribution in [3.05, 3.63) is 66.4 Å². The predicted molar refractivity (Wildman–Crippen MR) is 91.5 cm³/mol. The summed E-state index contributed by atoms with van der Waals surface area (Å²) in [4.78, 5) is 17.3. The van der Waals surface area contributed by atoms with Gasteiger partial charge in [0, 0.05) is 30.5 Å². The van der Waals surface area contributed by atoms with Gasteiger partial charge in [-0.25, -0.2) is 19.9 Å². The molecular weight excluding hydrogens is 319 g/mol. The average molecular weight is 336 g/mol.